The van der Waals surface area contributed by atoms with Gasteiger partial charge in [0.2, 0.25) is 0 Å². The Morgan fingerprint density at radius 1 is 0.235 bits per heavy atom. The molecule has 0 N–H and O–H groups in total. The van der Waals surface area contributed by atoms with E-state index in [2.05, 4.69) is 289 Å². The van der Waals surface area contributed by atoms with Crippen LogP contribution in [0, 0.1) is 0 Å². The number of anilines is 3. The molecule has 320 valence electrons. The van der Waals surface area contributed by atoms with Crippen molar-refractivity contribution in [1.82, 2.24) is 4.57 Å². The van der Waals surface area contributed by atoms with Crippen LogP contribution in [0.4, 0.5) is 17.1 Å². The van der Waals surface area contributed by atoms with Gasteiger partial charge in [-0.15, -0.1) is 0 Å². The lowest BCUT2D eigenvalue weighted by atomic mass is 9.87. The molecule has 0 aliphatic heterocycles. The normalized spacial score (nSPS) is 11.2. The minimum atomic E-state index is 1.06. The van der Waals surface area contributed by atoms with Gasteiger partial charge >= 0.3 is 0 Å². The van der Waals surface area contributed by atoms with E-state index in [-0.39, 0.29) is 0 Å². The van der Waals surface area contributed by atoms with Gasteiger partial charge in [-0.3, -0.25) is 0 Å². The highest BCUT2D eigenvalue weighted by Crippen LogP contribution is 2.48. The first-order valence-electron chi connectivity index (χ1n) is 23.3. The molecule has 0 fully saturated rings. The Labute approximate surface area is 397 Å². The molecule has 0 unspecified atom stereocenters. The molecule has 1 aromatic heterocycles. The van der Waals surface area contributed by atoms with Gasteiger partial charge in [-0.05, 0) is 104 Å². The van der Waals surface area contributed by atoms with Gasteiger partial charge in [-0.1, -0.05) is 231 Å². The van der Waals surface area contributed by atoms with E-state index in [0.29, 0.717) is 0 Å². The van der Waals surface area contributed by atoms with Crippen LogP contribution < -0.4 is 4.90 Å². The lowest BCUT2D eigenvalue weighted by Crippen LogP contribution is -2.12. The smallest absolute Gasteiger partial charge is 0.0546 e. The van der Waals surface area contributed by atoms with Crippen LogP contribution >= 0.6 is 0 Å². The van der Waals surface area contributed by atoms with Crippen LogP contribution in [0.15, 0.2) is 279 Å². The quantitative estimate of drug-likeness (QED) is 0.133. The van der Waals surface area contributed by atoms with Crippen molar-refractivity contribution in [1.29, 1.82) is 0 Å². The van der Waals surface area contributed by atoms with E-state index in [4.69, 9.17) is 0 Å². The first-order chi connectivity index (χ1) is 33.8. The van der Waals surface area contributed by atoms with Crippen LogP contribution in [0.25, 0.3) is 94.3 Å². The van der Waals surface area contributed by atoms with Gasteiger partial charge in [0.05, 0.1) is 22.4 Å². The average Bonchev–Trinajstić information content (AvgIpc) is 3.76. The van der Waals surface area contributed by atoms with Gasteiger partial charge in [0, 0.05) is 33.3 Å². The highest BCUT2D eigenvalue weighted by molar-refractivity contribution is 6.10. The van der Waals surface area contributed by atoms with Gasteiger partial charge in [-0.2, -0.15) is 0 Å². The number of rotatable bonds is 10. The van der Waals surface area contributed by atoms with E-state index in [1.807, 2.05) is 0 Å². The monoisotopic (exact) mass is 866 g/mol. The molecular formula is C66H46N2. The molecule has 0 saturated carbocycles. The topological polar surface area (TPSA) is 8.17 Å². The van der Waals surface area contributed by atoms with Crippen LogP contribution in [-0.2, 0) is 0 Å². The number of nitrogens with zero attached hydrogens (tertiary/aromatic N) is 2. The Hall–Kier alpha value is -8.98. The Morgan fingerprint density at radius 2 is 0.603 bits per heavy atom. The number of fused-ring (bicyclic) bond motifs is 3. The van der Waals surface area contributed by atoms with Crippen LogP contribution in [0.2, 0.25) is 0 Å². The van der Waals surface area contributed by atoms with E-state index < -0.39 is 0 Å². The maximum Gasteiger partial charge on any atom is 0.0546 e. The summed E-state index contributed by atoms with van der Waals surface area (Å²) >= 11 is 0. The van der Waals surface area contributed by atoms with Crippen molar-refractivity contribution in [2.45, 2.75) is 0 Å². The van der Waals surface area contributed by atoms with E-state index in [1.165, 1.54) is 77.4 Å². The predicted molar refractivity (Wildman–Crippen MR) is 288 cm³/mol. The van der Waals surface area contributed by atoms with Crippen molar-refractivity contribution in [3.8, 4) is 72.4 Å². The van der Waals surface area contributed by atoms with Gasteiger partial charge < -0.3 is 9.47 Å². The summed E-state index contributed by atoms with van der Waals surface area (Å²) < 4.78 is 2.42. The Kier molecular flexibility index (Phi) is 10.6. The third kappa shape index (κ3) is 7.45. The molecule has 0 radical (unpaired) electrons. The molecule has 0 saturated heterocycles. The summed E-state index contributed by atoms with van der Waals surface area (Å²) in [6.45, 7) is 0. The summed E-state index contributed by atoms with van der Waals surface area (Å²) in [5.41, 5.74) is 20.9. The van der Waals surface area contributed by atoms with E-state index in [1.54, 1.807) is 0 Å². The fraction of sp³-hybridized carbons (Fsp3) is 0. The largest absolute Gasteiger partial charge is 0.310 e. The number of hydrogen-bond donors (Lipinski definition) is 0. The second-order valence-corrected chi connectivity index (χ2v) is 17.2. The molecule has 0 amide bonds. The van der Waals surface area contributed by atoms with Gasteiger partial charge in [-0.25, -0.2) is 0 Å². The Morgan fingerprint density at radius 3 is 1.16 bits per heavy atom. The summed E-state index contributed by atoms with van der Waals surface area (Å²) in [7, 11) is 0. The number of hydrogen-bond acceptors (Lipinski definition) is 1. The molecule has 11 aromatic carbocycles. The summed E-state index contributed by atoms with van der Waals surface area (Å²) in [6, 6.07) is 101. The van der Waals surface area contributed by atoms with Gasteiger partial charge in [0.25, 0.3) is 0 Å². The van der Waals surface area contributed by atoms with Crippen molar-refractivity contribution >= 4 is 38.9 Å². The number of para-hydroxylation sites is 3. The fourth-order valence-corrected chi connectivity index (χ4v) is 10.0. The van der Waals surface area contributed by atoms with Gasteiger partial charge in [0.15, 0.2) is 0 Å². The molecule has 0 aliphatic carbocycles. The summed E-state index contributed by atoms with van der Waals surface area (Å²) in [6.07, 6.45) is 0. The van der Waals surface area contributed by atoms with Gasteiger partial charge in [0.1, 0.15) is 0 Å². The zero-order valence-electron chi connectivity index (χ0n) is 37.5. The number of aromatic nitrogens is 1. The van der Waals surface area contributed by atoms with Crippen LogP contribution in [0.3, 0.4) is 0 Å². The molecule has 0 spiro atoms. The highest BCUT2D eigenvalue weighted by atomic mass is 15.1. The second kappa shape index (κ2) is 17.8. The summed E-state index contributed by atoms with van der Waals surface area (Å²) in [4.78, 5) is 2.44. The second-order valence-electron chi connectivity index (χ2n) is 17.2. The van der Waals surface area contributed by atoms with Crippen molar-refractivity contribution in [2.75, 3.05) is 4.90 Å². The van der Waals surface area contributed by atoms with Crippen molar-refractivity contribution in [2.24, 2.45) is 0 Å². The zero-order valence-corrected chi connectivity index (χ0v) is 37.5. The fourth-order valence-electron chi connectivity index (χ4n) is 10.0. The molecule has 12 rings (SSSR count). The van der Waals surface area contributed by atoms with E-state index in [0.717, 1.165) is 33.9 Å². The maximum atomic E-state index is 2.44. The van der Waals surface area contributed by atoms with Crippen molar-refractivity contribution < 1.29 is 0 Å². The molecule has 2 heteroatoms. The zero-order chi connectivity index (χ0) is 45.2. The van der Waals surface area contributed by atoms with Crippen LogP contribution in [-0.4, -0.2) is 4.57 Å². The first-order valence-corrected chi connectivity index (χ1v) is 23.3. The van der Waals surface area contributed by atoms with Crippen molar-refractivity contribution in [3.05, 3.63) is 279 Å². The third-order valence-corrected chi connectivity index (χ3v) is 13.3. The minimum absolute atomic E-state index is 1.06. The minimum Gasteiger partial charge on any atom is -0.310 e. The predicted octanol–water partition coefficient (Wildman–Crippen LogP) is 18.3. The summed E-state index contributed by atoms with van der Waals surface area (Å²) in [5.74, 6) is 0. The molecule has 12 aromatic rings. The average molecular weight is 867 g/mol. The maximum absolute atomic E-state index is 2.44. The molecule has 1 heterocycles. The highest BCUT2D eigenvalue weighted by Gasteiger charge is 2.23. The van der Waals surface area contributed by atoms with Crippen LogP contribution in [0.1, 0.15) is 0 Å². The third-order valence-electron chi connectivity index (χ3n) is 13.3. The van der Waals surface area contributed by atoms with Crippen LogP contribution in [0.5, 0.6) is 0 Å². The standard InChI is InChI=1S/C66H46N2/c1-4-19-47(20-5-1)48-35-37-49(38-36-48)50-39-43-54(44-40-50)67(65-34-18-30-58(52-23-8-3-9-24-52)66(65)61-29-11-10-25-56(61)51-21-6-2-7-22-51)55-45-41-53(42-46-55)57-26-12-15-31-62(57)68-63-32-16-13-27-59(63)60-28-14-17-33-64(60)68/h1-46H. The molecule has 0 atom stereocenters. The van der Waals surface area contributed by atoms with Crippen molar-refractivity contribution in [3.63, 3.8) is 0 Å². The lowest BCUT2D eigenvalue weighted by molar-refractivity contribution is 1.18. The molecule has 68 heavy (non-hydrogen) atoms. The molecule has 0 aliphatic rings. The van der Waals surface area contributed by atoms with E-state index in [9.17, 15) is 0 Å². The Bertz CT molecular complexity index is 3630. The molecule has 0 bridgehead atoms. The molecular weight excluding hydrogens is 821 g/mol. The summed E-state index contributed by atoms with van der Waals surface area (Å²) in [5, 5.41) is 2.50. The lowest BCUT2D eigenvalue weighted by Gasteiger charge is -2.30. The SMILES string of the molecule is c1ccc(-c2ccc(-c3ccc(N(c4ccc(-c5ccccc5-n5c6ccccc6c6ccccc65)cc4)c4cccc(-c5ccccc5)c4-c4ccccc4-c4ccccc4)cc3)cc2)cc1. The van der Waals surface area contributed by atoms with E-state index >= 15 is 0 Å². The molecule has 2 nitrogen and oxygen atoms in total. The number of benzene rings is 11. The Balaban J connectivity index is 1.03. The first kappa shape index (κ1) is 40.5.